The first kappa shape index (κ1) is 14.2. The van der Waals surface area contributed by atoms with Crippen LogP contribution in [0.1, 0.15) is 18.4 Å². The predicted molar refractivity (Wildman–Crippen MR) is 62.7 cm³/mol. The van der Waals surface area contributed by atoms with Crippen molar-refractivity contribution in [2.45, 2.75) is 18.9 Å². The molecule has 1 rings (SSSR count). The third-order valence-corrected chi connectivity index (χ3v) is 2.47. The third kappa shape index (κ3) is 3.70. The van der Waals surface area contributed by atoms with Gasteiger partial charge < -0.3 is 10.8 Å². The Morgan fingerprint density at radius 1 is 1.40 bits per heavy atom. The van der Waals surface area contributed by atoms with Gasteiger partial charge in [-0.1, -0.05) is 30.7 Å². The Bertz CT molecular complexity index is 327. The molecule has 0 unspecified atom stereocenters. The molecule has 0 fully saturated rings. The number of benzene rings is 1. The topological polar surface area (TPSA) is 63.3 Å². The third-order valence-electron chi connectivity index (χ3n) is 2.22. The second kappa shape index (κ2) is 5.95. The molecule has 2 atom stereocenters. The molecule has 3 nitrogen and oxygen atoms in total. The number of nitrogens with two attached hydrogens (primary N) is 1. The molecule has 0 heterocycles. The first-order valence-electron chi connectivity index (χ1n) is 4.26. The molecule has 3 N–H and O–H groups in total. The van der Waals surface area contributed by atoms with Gasteiger partial charge >= 0.3 is 5.97 Å². The lowest BCUT2D eigenvalue weighted by atomic mass is 9.94. The van der Waals surface area contributed by atoms with Gasteiger partial charge in [0, 0.05) is 10.9 Å². The highest BCUT2D eigenvalue weighted by Crippen LogP contribution is 2.20. The number of hydrogen-bond donors (Lipinski definition) is 2. The zero-order valence-corrected chi connectivity index (χ0v) is 9.76. The van der Waals surface area contributed by atoms with Gasteiger partial charge in [0.15, 0.2) is 0 Å². The Hall–Kier alpha value is -0.770. The molecule has 0 aromatic heterocycles. The molecule has 5 heteroatoms. The van der Waals surface area contributed by atoms with Gasteiger partial charge in [-0.3, -0.25) is 4.79 Å². The highest BCUT2D eigenvalue weighted by atomic mass is 35.5. The molecule has 1 aromatic rings. The molecule has 1 aromatic carbocycles. The maximum absolute atomic E-state index is 10.6. The van der Waals surface area contributed by atoms with Gasteiger partial charge in [0.25, 0.3) is 0 Å². The van der Waals surface area contributed by atoms with Crippen LogP contribution in [0.4, 0.5) is 0 Å². The van der Waals surface area contributed by atoms with E-state index < -0.39 is 12.0 Å². The molecule has 0 amide bonds. The van der Waals surface area contributed by atoms with Crippen LogP contribution in [0.3, 0.4) is 0 Å². The van der Waals surface area contributed by atoms with Crippen molar-refractivity contribution in [1.29, 1.82) is 0 Å². The molecule has 0 aliphatic heterocycles. The van der Waals surface area contributed by atoms with Crippen molar-refractivity contribution in [3.8, 4) is 0 Å². The standard InChI is InChI=1S/C10H12ClNO2.ClH/c1-6(9(12)10(13)14)7-2-4-8(11)5-3-7;/h2-6,9H,12H2,1H3,(H,13,14);1H/t6-,9+;/m1./s1. The van der Waals surface area contributed by atoms with Gasteiger partial charge in [-0.15, -0.1) is 12.4 Å². The minimum Gasteiger partial charge on any atom is -0.480 e. The van der Waals surface area contributed by atoms with Gasteiger partial charge in [-0.2, -0.15) is 0 Å². The summed E-state index contributed by atoms with van der Waals surface area (Å²) in [6.45, 7) is 1.78. The van der Waals surface area contributed by atoms with Crippen molar-refractivity contribution in [1.82, 2.24) is 0 Å². The Kier molecular flexibility index (Phi) is 5.65. The van der Waals surface area contributed by atoms with E-state index in [9.17, 15) is 4.79 Å². The zero-order chi connectivity index (χ0) is 10.7. The average Bonchev–Trinajstić information content (AvgIpc) is 2.16. The van der Waals surface area contributed by atoms with Gasteiger partial charge in [0.05, 0.1) is 0 Å². The van der Waals surface area contributed by atoms with E-state index >= 15 is 0 Å². The van der Waals surface area contributed by atoms with Crippen molar-refractivity contribution in [2.75, 3.05) is 0 Å². The Balaban J connectivity index is 0.00000196. The molecule has 0 spiro atoms. The molecule has 0 aliphatic rings. The van der Waals surface area contributed by atoms with Crippen LogP contribution < -0.4 is 5.73 Å². The van der Waals surface area contributed by atoms with E-state index in [1.54, 1.807) is 31.2 Å². The summed E-state index contributed by atoms with van der Waals surface area (Å²) in [6.07, 6.45) is 0. The molecule has 15 heavy (non-hydrogen) atoms. The number of halogens is 2. The lowest BCUT2D eigenvalue weighted by molar-refractivity contribution is -0.139. The maximum atomic E-state index is 10.6. The SMILES string of the molecule is C[C@H](c1ccc(Cl)cc1)[C@H](N)C(=O)O.Cl. The monoisotopic (exact) mass is 249 g/mol. The van der Waals surface area contributed by atoms with Crippen LogP contribution in [-0.4, -0.2) is 17.1 Å². The summed E-state index contributed by atoms with van der Waals surface area (Å²) in [4.78, 5) is 10.6. The average molecular weight is 250 g/mol. The molecular formula is C10H13Cl2NO2. The first-order chi connectivity index (χ1) is 6.52. The van der Waals surface area contributed by atoms with Gasteiger partial charge in [0.1, 0.15) is 6.04 Å². The quantitative estimate of drug-likeness (QED) is 0.864. The van der Waals surface area contributed by atoms with Crippen molar-refractivity contribution in [2.24, 2.45) is 5.73 Å². The molecule has 0 saturated heterocycles. The van der Waals surface area contributed by atoms with Crippen molar-refractivity contribution in [3.63, 3.8) is 0 Å². The fourth-order valence-electron chi connectivity index (χ4n) is 1.19. The number of rotatable bonds is 3. The van der Waals surface area contributed by atoms with Crippen LogP contribution >= 0.6 is 24.0 Å². The minimum absolute atomic E-state index is 0. The fraction of sp³-hybridized carbons (Fsp3) is 0.300. The summed E-state index contributed by atoms with van der Waals surface area (Å²) < 4.78 is 0. The number of aliphatic carboxylic acids is 1. The molecule has 0 radical (unpaired) electrons. The van der Waals surface area contributed by atoms with Crippen LogP contribution in [0.15, 0.2) is 24.3 Å². The molecule has 84 valence electrons. The van der Waals surface area contributed by atoms with Crippen LogP contribution in [0.2, 0.25) is 5.02 Å². The summed E-state index contributed by atoms with van der Waals surface area (Å²) in [7, 11) is 0. The van der Waals surface area contributed by atoms with E-state index in [1.807, 2.05) is 0 Å². The highest BCUT2D eigenvalue weighted by molar-refractivity contribution is 6.30. The summed E-state index contributed by atoms with van der Waals surface area (Å²) >= 11 is 5.71. The summed E-state index contributed by atoms with van der Waals surface area (Å²) in [6, 6.07) is 6.14. The Labute approximate surface area is 99.6 Å². The zero-order valence-electron chi connectivity index (χ0n) is 8.18. The first-order valence-corrected chi connectivity index (χ1v) is 4.64. The number of carboxylic acid groups (broad SMARTS) is 1. The molecular weight excluding hydrogens is 237 g/mol. The Morgan fingerprint density at radius 3 is 2.27 bits per heavy atom. The van der Waals surface area contributed by atoms with Gasteiger partial charge in [0.2, 0.25) is 0 Å². The van der Waals surface area contributed by atoms with E-state index in [0.717, 1.165) is 5.56 Å². The molecule has 0 aliphatic carbocycles. The van der Waals surface area contributed by atoms with E-state index in [-0.39, 0.29) is 18.3 Å². The number of hydrogen-bond acceptors (Lipinski definition) is 2. The van der Waals surface area contributed by atoms with Crippen molar-refractivity contribution in [3.05, 3.63) is 34.9 Å². The highest BCUT2D eigenvalue weighted by Gasteiger charge is 2.21. The summed E-state index contributed by atoms with van der Waals surface area (Å²) in [5, 5.41) is 9.35. The number of carbonyl (C=O) groups is 1. The second-order valence-corrected chi connectivity index (χ2v) is 3.64. The van der Waals surface area contributed by atoms with Crippen LogP contribution in [0, 0.1) is 0 Å². The van der Waals surface area contributed by atoms with Gasteiger partial charge in [-0.25, -0.2) is 0 Å². The van der Waals surface area contributed by atoms with E-state index in [4.69, 9.17) is 22.4 Å². The van der Waals surface area contributed by atoms with E-state index in [1.165, 1.54) is 0 Å². The van der Waals surface area contributed by atoms with Crippen molar-refractivity contribution < 1.29 is 9.90 Å². The number of carboxylic acids is 1. The lowest BCUT2D eigenvalue weighted by Crippen LogP contribution is -2.35. The lowest BCUT2D eigenvalue weighted by Gasteiger charge is -2.16. The minimum atomic E-state index is -0.993. The largest absolute Gasteiger partial charge is 0.480 e. The van der Waals surface area contributed by atoms with Gasteiger partial charge in [-0.05, 0) is 17.7 Å². The van der Waals surface area contributed by atoms with Crippen LogP contribution in [-0.2, 0) is 4.79 Å². The smallest absolute Gasteiger partial charge is 0.321 e. The Morgan fingerprint density at radius 2 is 1.87 bits per heavy atom. The van der Waals surface area contributed by atoms with Crippen molar-refractivity contribution >= 4 is 30.0 Å². The summed E-state index contributed by atoms with van der Waals surface area (Å²) in [5.41, 5.74) is 6.38. The summed E-state index contributed by atoms with van der Waals surface area (Å²) in [5.74, 6) is -1.21. The maximum Gasteiger partial charge on any atom is 0.321 e. The van der Waals surface area contributed by atoms with Crippen LogP contribution in [0.5, 0.6) is 0 Å². The fourth-order valence-corrected chi connectivity index (χ4v) is 1.31. The normalized spacial score (nSPS) is 13.8. The van der Waals surface area contributed by atoms with E-state index in [0.29, 0.717) is 5.02 Å². The molecule has 0 bridgehead atoms. The second-order valence-electron chi connectivity index (χ2n) is 3.20. The van der Waals surface area contributed by atoms with Crippen LogP contribution in [0.25, 0.3) is 0 Å². The van der Waals surface area contributed by atoms with E-state index in [2.05, 4.69) is 0 Å². The predicted octanol–water partition coefficient (Wildman–Crippen LogP) is 2.28. The molecule has 0 saturated carbocycles.